The van der Waals surface area contributed by atoms with Gasteiger partial charge >= 0.3 is 6.09 Å². The highest BCUT2D eigenvalue weighted by atomic mass is 79.9. The predicted molar refractivity (Wildman–Crippen MR) is 96.9 cm³/mol. The maximum atomic E-state index is 11.7. The molecule has 1 saturated heterocycles. The van der Waals surface area contributed by atoms with Gasteiger partial charge in [0.25, 0.3) is 0 Å². The number of nitrogens with two attached hydrogens (primary N) is 1. The van der Waals surface area contributed by atoms with Gasteiger partial charge in [-0.2, -0.15) is 0 Å². The quantitative estimate of drug-likeness (QED) is 0.756. The Morgan fingerprint density at radius 2 is 2.08 bits per heavy atom. The number of carbonyl (C=O) groups excluding carboxylic acids is 1. The van der Waals surface area contributed by atoms with Gasteiger partial charge in [-0.05, 0) is 35.0 Å². The second-order valence-corrected chi connectivity index (χ2v) is 6.98. The first-order chi connectivity index (χ1) is 11.8. The number of rotatable bonds is 2. The minimum absolute atomic E-state index is 0.132. The fourth-order valence-corrected chi connectivity index (χ4v) is 3.41. The Bertz CT molecular complexity index is 878. The number of nitrogens with zero attached hydrogens (tertiary/aromatic N) is 4. The summed E-state index contributed by atoms with van der Waals surface area (Å²) in [5, 5.41) is 10.5. The summed E-state index contributed by atoms with van der Waals surface area (Å²) in [4.78, 5) is 34.8. The zero-order chi connectivity index (χ0) is 18.3. The number of aromatic nitrogens is 2. The maximum Gasteiger partial charge on any atom is 0.408 e. The van der Waals surface area contributed by atoms with Crippen LogP contribution in [0.3, 0.4) is 0 Å². The molecule has 8 nitrogen and oxygen atoms in total. The molecule has 3 rings (SSSR count). The molecule has 3 N–H and O–H groups in total. The summed E-state index contributed by atoms with van der Waals surface area (Å²) < 4.78 is 0.700. The van der Waals surface area contributed by atoms with E-state index in [9.17, 15) is 14.7 Å². The summed E-state index contributed by atoms with van der Waals surface area (Å²) in [5.41, 5.74) is 6.07. The average Bonchev–Trinajstić information content (AvgIpc) is 2.55. The van der Waals surface area contributed by atoms with Crippen LogP contribution in [0.4, 0.5) is 10.6 Å². The van der Waals surface area contributed by atoms with Crippen molar-refractivity contribution in [3.05, 3.63) is 27.5 Å². The van der Waals surface area contributed by atoms with Gasteiger partial charge in [0.2, 0.25) is 5.91 Å². The molecule has 2 amide bonds. The summed E-state index contributed by atoms with van der Waals surface area (Å²) in [5.74, 6) is 0.486. The van der Waals surface area contributed by atoms with E-state index >= 15 is 0 Å². The topological polar surface area (TPSA) is 113 Å². The Kier molecular flexibility index (Phi) is 4.70. The summed E-state index contributed by atoms with van der Waals surface area (Å²) in [7, 11) is 0. The molecule has 1 aliphatic rings. The number of piperazine rings is 1. The molecule has 0 saturated carbocycles. The van der Waals surface area contributed by atoms with Gasteiger partial charge in [-0.1, -0.05) is 11.6 Å². The van der Waals surface area contributed by atoms with Gasteiger partial charge in [-0.15, -0.1) is 0 Å². The number of aryl methyl sites for hydroxylation is 1. The summed E-state index contributed by atoms with van der Waals surface area (Å²) >= 11 is 9.53. The smallest absolute Gasteiger partial charge is 0.408 e. The molecule has 0 bridgehead atoms. The number of fused-ring (bicyclic) bond motifs is 1. The van der Waals surface area contributed by atoms with Crippen LogP contribution >= 0.6 is 27.5 Å². The lowest BCUT2D eigenvalue weighted by atomic mass is 10.1. The second kappa shape index (κ2) is 6.64. The molecule has 0 aliphatic carbocycles. The van der Waals surface area contributed by atoms with Crippen LogP contribution in [0, 0.1) is 6.92 Å². The van der Waals surface area contributed by atoms with Crippen LogP contribution < -0.4 is 10.6 Å². The van der Waals surface area contributed by atoms with Crippen LogP contribution in [0.25, 0.3) is 10.9 Å². The summed E-state index contributed by atoms with van der Waals surface area (Å²) in [6.07, 6.45) is -1.17. The van der Waals surface area contributed by atoms with E-state index in [4.69, 9.17) is 17.3 Å². The fraction of sp³-hybridized carbons (Fsp3) is 0.333. The van der Waals surface area contributed by atoms with Crippen LogP contribution in [0.2, 0.25) is 5.02 Å². The first-order valence-electron chi connectivity index (χ1n) is 7.45. The van der Waals surface area contributed by atoms with Crippen molar-refractivity contribution in [1.29, 1.82) is 0 Å². The number of halogens is 2. The van der Waals surface area contributed by atoms with E-state index in [2.05, 4.69) is 25.9 Å². The molecule has 25 heavy (non-hydrogen) atoms. The van der Waals surface area contributed by atoms with Gasteiger partial charge in [-0.3, -0.25) is 9.69 Å². The fourth-order valence-electron chi connectivity index (χ4n) is 2.91. The van der Waals surface area contributed by atoms with Crippen molar-refractivity contribution in [3.8, 4) is 0 Å². The lowest BCUT2D eigenvalue weighted by molar-refractivity contribution is -0.122. The molecule has 1 fully saturated rings. The highest BCUT2D eigenvalue weighted by Gasteiger charge is 2.35. The van der Waals surface area contributed by atoms with Gasteiger partial charge in [0, 0.05) is 29.5 Å². The van der Waals surface area contributed by atoms with Gasteiger partial charge < -0.3 is 15.7 Å². The lowest BCUT2D eigenvalue weighted by Crippen LogP contribution is -2.60. The van der Waals surface area contributed by atoms with E-state index < -0.39 is 18.0 Å². The normalized spacial score (nSPS) is 17.8. The lowest BCUT2D eigenvalue weighted by Gasteiger charge is -2.39. The molecule has 0 spiro atoms. The predicted octanol–water partition coefficient (Wildman–Crippen LogP) is 2.01. The monoisotopic (exact) mass is 427 g/mol. The molecular formula is C15H15BrClN5O3. The van der Waals surface area contributed by atoms with Gasteiger partial charge in [-0.25, -0.2) is 14.8 Å². The van der Waals surface area contributed by atoms with E-state index in [1.54, 1.807) is 13.0 Å². The van der Waals surface area contributed by atoms with E-state index in [0.29, 0.717) is 33.2 Å². The number of primary amides is 1. The largest absolute Gasteiger partial charge is 0.465 e. The van der Waals surface area contributed by atoms with Crippen molar-refractivity contribution >= 4 is 56.3 Å². The van der Waals surface area contributed by atoms with Gasteiger partial charge in [0.1, 0.15) is 17.7 Å². The van der Waals surface area contributed by atoms with Crippen LogP contribution in [0.1, 0.15) is 5.82 Å². The number of amides is 2. The molecule has 2 aromatic rings. The SMILES string of the molecule is Cc1nc(N2CCN(C(=O)O)C(C(N)=O)C2)c2cc(Br)c(Cl)cc2n1. The van der Waals surface area contributed by atoms with Crippen molar-refractivity contribution in [2.24, 2.45) is 5.73 Å². The number of carboxylic acid groups (broad SMARTS) is 1. The third kappa shape index (κ3) is 3.34. The van der Waals surface area contributed by atoms with Crippen LogP contribution in [-0.2, 0) is 4.79 Å². The second-order valence-electron chi connectivity index (χ2n) is 5.72. The molecule has 1 atom stereocenters. The molecule has 1 unspecified atom stereocenters. The Balaban J connectivity index is 2.06. The molecule has 0 radical (unpaired) electrons. The van der Waals surface area contributed by atoms with E-state index in [1.807, 2.05) is 11.0 Å². The zero-order valence-electron chi connectivity index (χ0n) is 13.2. The third-order valence-corrected chi connectivity index (χ3v) is 5.28. The Morgan fingerprint density at radius 1 is 1.36 bits per heavy atom. The van der Waals surface area contributed by atoms with Gasteiger partial charge in [0.15, 0.2) is 0 Å². The Labute approximate surface area is 156 Å². The molecule has 132 valence electrons. The minimum atomic E-state index is -1.17. The van der Waals surface area contributed by atoms with Crippen molar-refractivity contribution in [1.82, 2.24) is 14.9 Å². The summed E-state index contributed by atoms with van der Waals surface area (Å²) in [6, 6.07) is 2.61. The average molecular weight is 429 g/mol. The van der Waals surface area contributed by atoms with Crippen molar-refractivity contribution in [2.75, 3.05) is 24.5 Å². The summed E-state index contributed by atoms with van der Waals surface area (Å²) in [6.45, 7) is 2.44. The standard InChI is InChI=1S/C15H15BrClN5O3/c1-7-19-11-5-10(17)9(16)4-8(11)14(20-7)21-2-3-22(15(24)25)12(6-21)13(18)23/h4-5,12H,2-3,6H2,1H3,(H2,18,23)(H,24,25). The van der Waals surface area contributed by atoms with Crippen molar-refractivity contribution < 1.29 is 14.7 Å². The van der Waals surface area contributed by atoms with E-state index in [0.717, 1.165) is 10.3 Å². The third-order valence-electron chi connectivity index (χ3n) is 4.08. The van der Waals surface area contributed by atoms with Crippen molar-refractivity contribution in [2.45, 2.75) is 13.0 Å². The van der Waals surface area contributed by atoms with Crippen LogP contribution in [0.15, 0.2) is 16.6 Å². The molecule has 1 aromatic heterocycles. The number of benzene rings is 1. The van der Waals surface area contributed by atoms with E-state index in [-0.39, 0.29) is 13.1 Å². The molecular weight excluding hydrogens is 414 g/mol. The molecule has 1 aromatic carbocycles. The highest BCUT2D eigenvalue weighted by molar-refractivity contribution is 9.10. The molecule has 1 aliphatic heterocycles. The number of hydrogen-bond acceptors (Lipinski definition) is 5. The first-order valence-corrected chi connectivity index (χ1v) is 8.62. The van der Waals surface area contributed by atoms with Gasteiger partial charge in [0.05, 0.1) is 10.5 Å². The maximum absolute atomic E-state index is 11.7. The highest BCUT2D eigenvalue weighted by Crippen LogP contribution is 2.32. The minimum Gasteiger partial charge on any atom is -0.465 e. The van der Waals surface area contributed by atoms with Crippen molar-refractivity contribution in [3.63, 3.8) is 0 Å². The number of anilines is 1. The van der Waals surface area contributed by atoms with E-state index in [1.165, 1.54) is 0 Å². The zero-order valence-corrected chi connectivity index (χ0v) is 15.6. The molecule has 10 heteroatoms. The number of carbonyl (C=O) groups is 2. The first kappa shape index (κ1) is 17.7. The Hall–Kier alpha value is -2.13. The Morgan fingerprint density at radius 3 is 2.72 bits per heavy atom. The molecule has 2 heterocycles. The number of hydrogen-bond donors (Lipinski definition) is 2. The van der Waals surface area contributed by atoms with Crippen LogP contribution in [-0.4, -0.2) is 57.7 Å². The van der Waals surface area contributed by atoms with Crippen LogP contribution in [0.5, 0.6) is 0 Å².